The molecule has 6 heteroatoms. The molecule has 0 unspecified atom stereocenters. The van der Waals surface area contributed by atoms with E-state index in [4.69, 9.17) is 4.74 Å². The fraction of sp³-hybridized carbons (Fsp3) is 0.310. The summed E-state index contributed by atoms with van der Waals surface area (Å²) in [6, 6.07) is 23.6. The largest absolute Gasteiger partial charge is 0.493 e. The number of ketones is 1. The van der Waals surface area contributed by atoms with Crippen LogP contribution in [-0.4, -0.2) is 43.3 Å². The van der Waals surface area contributed by atoms with Gasteiger partial charge in [0, 0.05) is 51.8 Å². The fourth-order valence-electron chi connectivity index (χ4n) is 6.35. The number of rotatable bonds is 2. The Bertz CT molecular complexity index is 1310. The lowest BCUT2D eigenvalue weighted by Gasteiger charge is -2.37. The molecule has 3 aliphatic heterocycles. The third kappa shape index (κ3) is 3.30. The predicted molar refractivity (Wildman–Crippen MR) is 139 cm³/mol. The van der Waals surface area contributed by atoms with E-state index in [9.17, 15) is 9.59 Å². The Morgan fingerprint density at radius 1 is 1.00 bits per heavy atom. The summed E-state index contributed by atoms with van der Waals surface area (Å²) in [4.78, 5) is 32.6. The smallest absolute Gasteiger partial charge is 0.252 e. The van der Waals surface area contributed by atoms with Crippen molar-refractivity contribution in [3.05, 3.63) is 94.0 Å². The van der Waals surface area contributed by atoms with Crippen LogP contribution in [0.4, 0.5) is 5.69 Å². The second kappa shape index (κ2) is 8.61. The number of carbonyl (C=O) groups is 2. The number of likely N-dealkylation sites (tertiary alicyclic amines) is 1. The van der Waals surface area contributed by atoms with Gasteiger partial charge in [-0.15, -0.1) is 0 Å². The van der Waals surface area contributed by atoms with E-state index >= 15 is 0 Å². The second-order valence-electron chi connectivity index (χ2n) is 9.67. The zero-order chi connectivity index (χ0) is 24.2. The van der Waals surface area contributed by atoms with E-state index in [0.29, 0.717) is 25.3 Å². The van der Waals surface area contributed by atoms with Gasteiger partial charge >= 0.3 is 0 Å². The van der Waals surface area contributed by atoms with Crippen LogP contribution in [0, 0.1) is 5.92 Å². The Morgan fingerprint density at radius 3 is 2.57 bits per heavy atom. The number of hydrogen-bond acceptors (Lipinski definition) is 4. The maximum absolute atomic E-state index is 14.5. The Kier molecular flexibility index (Phi) is 5.53. The molecule has 3 heterocycles. The molecule has 1 fully saturated rings. The Morgan fingerprint density at radius 2 is 1.74 bits per heavy atom. The molecule has 3 aliphatic rings. The van der Waals surface area contributed by atoms with E-state index in [-0.39, 0.29) is 17.6 Å². The van der Waals surface area contributed by atoms with Crippen molar-refractivity contribution < 1.29 is 14.3 Å². The van der Waals surface area contributed by atoms with Crippen LogP contribution in [0.5, 0.6) is 5.75 Å². The number of fused-ring (bicyclic) bond motifs is 5. The van der Waals surface area contributed by atoms with Gasteiger partial charge in [0.1, 0.15) is 11.3 Å². The fourth-order valence-corrected chi connectivity index (χ4v) is 6.62. The molecular weight excluding hydrogens is 504 g/mol. The van der Waals surface area contributed by atoms with Crippen molar-refractivity contribution in [3.8, 4) is 5.75 Å². The number of likely N-dealkylation sites (N-methyl/N-ethyl adjacent to an activating group) is 1. The summed E-state index contributed by atoms with van der Waals surface area (Å²) < 4.78 is 7.20. The third-order valence-electron chi connectivity index (χ3n) is 7.85. The summed E-state index contributed by atoms with van der Waals surface area (Å²) in [6.07, 6.45) is 1.71. The lowest BCUT2D eigenvalue weighted by atomic mass is 9.70. The summed E-state index contributed by atoms with van der Waals surface area (Å²) in [5, 5.41) is 0. The highest BCUT2D eigenvalue weighted by atomic mass is 79.9. The number of nitrogens with zero attached hydrogens (tertiary/aromatic N) is 2. The van der Waals surface area contributed by atoms with Gasteiger partial charge in [-0.05, 0) is 44.2 Å². The molecule has 0 N–H and O–H groups in total. The molecule has 3 atom stereocenters. The number of ether oxygens (including phenoxy) is 1. The Hall–Kier alpha value is -2.96. The minimum atomic E-state index is -0.962. The maximum atomic E-state index is 14.5. The zero-order valence-corrected chi connectivity index (χ0v) is 21.2. The third-order valence-corrected chi connectivity index (χ3v) is 8.38. The molecule has 6 rings (SSSR count). The van der Waals surface area contributed by atoms with Crippen LogP contribution in [0.25, 0.3) is 0 Å². The predicted octanol–water partition coefficient (Wildman–Crippen LogP) is 5.39. The van der Waals surface area contributed by atoms with E-state index in [1.165, 1.54) is 0 Å². The lowest BCUT2D eigenvalue weighted by molar-refractivity contribution is -0.128. The van der Waals surface area contributed by atoms with Crippen molar-refractivity contribution in [2.24, 2.45) is 5.92 Å². The van der Waals surface area contributed by atoms with Crippen LogP contribution < -0.4 is 9.64 Å². The summed E-state index contributed by atoms with van der Waals surface area (Å²) >= 11 is 3.47. The number of hydrogen-bond donors (Lipinski definition) is 0. The van der Waals surface area contributed by atoms with Gasteiger partial charge < -0.3 is 9.64 Å². The summed E-state index contributed by atoms with van der Waals surface area (Å²) in [7, 11) is 1.99. The molecule has 2 bridgehead atoms. The van der Waals surface area contributed by atoms with Crippen molar-refractivity contribution >= 4 is 33.3 Å². The van der Waals surface area contributed by atoms with Crippen molar-refractivity contribution in [1.29, 1.82) is 0 Å². The molecule has 0 saturated carbocycles. The zero-order valence-electron chi connectivity index (χ0n) is 19.6. The first-order valence-electron chi connectivity index (χ1n) is 12.2. The molecule has 0 aromatic heterocycles. The molecule has 35 heavy (non-hydrogen) atoms. The average Bonchev–Trinajstić information content (AvgIpc) is 3.30. The number of anilines is 1. The number of halogens is 1. The SMILES string of the molecule is CN1C[C@H](C(=O)c2ccc(Br)cc2)[C@H]2c3ccccc3OCCCCN3C(=O)[C@@]21c1ccccc13. The topological polar surface area (TPSA) is 49.9 Å². The molecular formula is C29H27BrN2O3. The highest BCUT2D eigenvalue weighted by Crippen LogP contribution is 2.59. The molecule has 1 amide bonds. The van der Waals surface area contributed by atoms with Gasteiger partial charge in [-0.2, -0.15) is 0 Å². The van der Waals surface area contributed by atoms with Gasteiger partial charge in [0.15, 0.2) is 5.78 Å². The van der Waals surface area contributed by atoms with E-state index in [0.717, 1.165) is 39.9 Å². The minimum absolute atomic E-state index is 0.0552. The van der Waals surface area contributed by atoms with Crippen LogP contribution in [0.15, 0.2) is 77.3 Å². The van der Waals surface area contributed by atoms with Crippen molar-refractivity contribution in [3.63, 3.8) is 0 Å². The molecule has 0 radical (unpaired) electrons. The van der Waals surface area contributed by atoms with Gasteiger partial charge in [0.05, 0.1) is 6.61 Å². The lowest BCUT2D eigenvalue weighted by Crippen LogP contribution is -2.51. The number of carbonyl (C=O) groups excluding carboxylic acids is 2. The monoisotopic (exact) mass is 530 g/mol. The molecule has 1 saturated heterocycles. The summed E-state index contributed by atoms with van der Waals surface area (Å²) in [6.45, 7) is 1.71. The van der Waals surface area contributed by atoms with Crippen molar-refractivity contribution in [1.82, 2.24) is 4.90 Å². The number of para-hydroxylation sites is 2. The summed E-state index contributed by atoms with van der Waals surface area (Å²) in [5.41, 5.74) is 2.58. The standard InChI is InChI=1S/C29H27BrN2O3/c1-31-18-22(27(33)19-12-14-20(30)15-13-19)26-21-8-2-5-11-25(21)35-17-7-6-16-32-24-10-4-3-9-23(24)29(26,31)28(32)34/h2-5,8-15,22,26H,6-7,16-18H2,1H3/t22-,26+,29+/m0/s1. The van der Waals surface area contributed by atoms with Crippen LogP contribution in [0.1, 0.15) is 40.2 Å². The van der Waals surface area contributed by atoms with Crippen LogP contribution in [0.2, 0.25) is 0 Å². The highest BCUT2D eigenvalue weighted by Gasteiger charge is 2.65. The molecule has 3 aromatic carbocycles. The molecule has 1 spiro atoms. The van der Waals surface area contributed by atoms with E-state index in [1.807, 2.05) is 78.7 Å². The van der Waals surface area contributed by atoms with Crippen molar-refractivity contribution in [2.45, 2.75) is 24.3 Å². The molecule has 5 nitrogen and oxygen atoms in total. The van der Waals surface area contributed by atoms with E-state index < -0.39 is 11.5 Å². The maximum Gasteiger partial charge on any atom is 0.252 e. The Balaban J connectivity index is 1.61. The van der Waals surface area contributed by atoms with Gasteiger partial charge in [-0.25, -0.2) is 0 Å². The van der Waals surface area contributed by atoms with Crippen LogP contribution in [0.3, 0.4) is 0 Å². The average molecular weight is 531 g/mol. The van der Waals surface area contributed by atoms with Gasteiger partial charge in [-0.1, -0.05) is 64.5 Å². The summed E-state index contributed by atoms with van der Waals surface area (Å²) in [5.74, 6) is 0.111. The number of amides is 1. The first kappa shape index (κ1) is 22.5. The first-order chi connectivity index (χ1) is 17.0. The van der Waals surface area contributed by atoms with Gasteiger partial charge in [0.2, 0.25) is 0 Å². The molecule has 3 aromatic rings. The van der Waals surface area contributed by atoms with Crippen LogP contribution >= 0.6 is 15.9 Å². The quantitative estimate of drug-likeness (QED) is 0.416. The van der Waals surface area contributed by atoms with Crippen LogP contribution in [-0.2, 0) is 10.3 Å². The number of Topliss-reactive ketones (excluding diaryl/α,β-unsaturated/α-hetero) is 1. The van der Waals surface area contributed by atoms with Gasteiger partial charge in [-0.3, -0.25) is 14.5 Å². The van der Waals surface area contributed by atoms with E-state index in [1.54, 1.807) is 0 Å². The minimum Gasteiger partial charge on any atom is -0.493 e. The normalized spacial score (nSPS) is 25.8. The second-order valence-corrected chi connectivity index (χ2v) is 10.6. The molecule has 0 aliphatic carbocycles. The Labute approximate surface area is 213 Å². The number of benzene rings is 3. The molecule has 178 valence electrons. The van der Waals surface area contributed by atoms with Crippen molar-refractivity contribution in [2.75, 3.05) is 31.6 Å². The highest BCUT2D eigenvalue weighted by molar-refractivity contribution is 9.10. The van der Waals surface area contributed by atoms with Gasteiger partial charge in [0.25, 0.3) is 5.91 Å². The first-order valence-corrected chi connectivity index (χ1v) is 13.0. The van der Waals surface area contributed by atoms with E-state index in [2.05, 4.69) is 26.9 Å².